The molecule has 0 saturated carbocycles. The molecule has 0 aliphatic carbocycles. The number of rotatable bonds is 14. The summed E-state index contributed by atoms with van der Waals surface area (Å²) < 4.78 is 0. The molecule has 24 heavy (non-hydrogen) atoms. The third-order valence-corrected chi connectivity index (χ3v) is 5.38. The minimum absolute atomic E-state index is 0.219. The first-order valence-corrected chi connectivity index (χ1v) is 9.92. The highest BCUT2D eigenvalue weighted by Gasteiger charge is 2.25. The maximum atomic E-state index is 10.0. The quantitative estimate of drug-likeness (QED) is 0.332. The first kappa shape index (κ1) is 23.4. The van der Waals surface area contributed by atoms with Crippen LogP contribution in [-0.2, 0) is 0 Å². The summed E-state index contributed by atoms with van der Waals surface area (Å²) in [4.78, 5) is 2.43. The molecule has 0 aromatic carbocycles. The van der Waals surface area contributed by atoms with Crippen molar-refractivity contribution in [2.24, 2.45) is 23.7 Å². The van der Waals surface area contributed by atoms with Gasteiger partial charge in [0, 0.05) is 12.5 Å². The van der Waals surface area contributed by atoms with E-state index in [4.69, 9.17) is 0 Å². The second-order valence-electron chi connectivity index (χ2n) is 8.00. The van der Waals surface area contributed by atoms with Gasteiger partial charge in [0.1, 0.15) is 0 Å². The Balaban J connectivity index is 4.02. The van der Waals surface area contributed by atoms with Gasteiger partial charge in [0.25, 0.3) is 0 Å². The van der Waals surface area contributed by atoms with Gasteiger partial charge in [0.05, 0.1) is 6.10 Å². The predicted molar refractivity (Wildman–Crippen MR) is 108 cm³/mol. The van der Waals surface area contributed by atoms with Crippen LogP contribution in [0.15, 0.2) is 24.8 Å². The zero-order chi connectivity index (χ0) is 18.7. The third kappa shape index (κ3) is 9.03. The van der Waals surface area contributed by atoms with Gasteiger partial charge in [0.15, 0.2) is 0 Å². The van der Waals surface area contributed by atoms with Gasteiger partial charge in [-0.2, -0.15) is 0 Å². The van der Waals surface area contributed by atoms with E-state index in [0.717, 1.165) is 6.54 Å². The van der Waals surface area contributed by atoms with Gasteiger partial charge in [-0.25, -0.2) is 0 Å². The molecule has 2 heteroatoms. The monoisotopic (exact) mass is 337 g/mol. The first-order chi connectivity index (χ1) is 11.2. The van der Waals surface area contributed by atoms with E-state index in [2.05, 4.69) is 58.9 Å². The molecule has 0 spiro atoms. The van der Waals surface area contributed by atoms with Crippen molar-refractivity contribution in [3.8, 4) is 0 Å². The van der Waals surface area contributed by atoms with E-state index in [1.165, 1.54) is 44.2 Å². The lowest BCUT2D eigenvalue weighted by Crippen LogP contribution is -2.27. The van der Waals surface area contributed by atoms with Crippen LogP contribution in [0.3, 0.4) is 0 Å². The van der Waals surface area contributed by atoms with Crippen molar-refractivity contribution < 1.29 is 5.11 Å². The van der Waals surface area contributed by atoms with Crippen molar-refractivity contribution in [1.29, 1.82) is 0 Å². The SMILES string of the molecule is C=CC(CC)CN(C)CCCCCC(C)C(=C)C(C(C)C)C(C)O. The van der Waals surface area contributed by atoms with Crippen LogP contribution < -0.4 is 0 Å². The van der Waals surface area contributed by atoms with Crippen molar-refractivity contribution >= 4 is 0 Å². The molecule has 0 radical (unpaired) electrons. The zero-order valence-electron chi connectivity index (χ0n) is 17.2. The number of aliphatic hydroxyl groups is 1. The van der Waals surface area contributed by atoms with Gasteiger partial charge in [-0.1, -0.05) is 58.8 Å². The molecular weight excluding hydrogens is 294 g/mol. The Kier molecular flexibility index (Phi) is 12.4. The minimum atomic E-state index is -0.301. The third-order valence-electron chi connectivity index (χ3n) is 5.38. The van der Waals surface area contributed by atoms with Crippen LogP contribution in [0.4, 0.5) is 0 Å². The smallest absolute Gasteiger partial charge is 0.0579 e. The predicted octanol–water partition coefficient (Wildman–Crippen LogP) is 5.54. The molecule has 0 saturated heterocycles. The molecule has 0 aliphatic heterocycles. The summed E-state index contributed by atoms with van der Waals surface area (Å²) in [6, 6.07) is 0. The molecule has 4 atom stereocenters. The fourth-order valence-corrected chi connectivity index (χ4v) is 3.68. The molecule has 0 bridgehead atoms. The molecule has 0 aromatic heterocycles. The molecular formula is C22H43NO. The molecule has 1 N–H and O–H groups in total. The zero-order valence-corrected chi connectivity index (χ0v) is 17.2. The molecule has 142 valence electrons. The maximum Gasteiger partial charge on any atom is 0.0579 e. The number of hydrogen-bond donors (Lipinski definition) is 1. The normalized spacial score (nSPS) is 16.9. The fourth-order valence-electron chi connectivity index (χ4n) is 3.68. The first-order valence-electron chi connectivity index (χ1n) is 9.92. The number of hydrogen-bond acceptors (Lipinski definition) is 2. The van der Waals surface area contributed by atoms with Crippen LogP contribution in [-0.4, -0.2) is 36.2 Å². The summed E-state index contributed by atoms with van der Waals surface area (Å²) in [6.45, 7) is 21.3. The lowest BCUT2D eigenvalue weighted by atomic mass is 9.78. The standard InChI is InChI=1S/C22H43NO/c1-9-21(10-2)16-23(8)15-13-11-12-14-18(5)19(6)22(17(3)4)20(7)24/h9,17-18,20-22,24H,1,6,10-16H2,2-5,7-8H3. The van der Waals surface area contributed by atoms with Crippen LogP contribution in [0, 0.1) is 23.7 Å². The van der Waals surface area contributed by atoms with Crippen molar-refractivity contribution in [3.05, 3.63) is 24.8 Å². The van der Waals surface area contributed by atoms with Crippen LogP contribution in [0.25, 0.3) is 0 Å². The number of aliphatic hydroxyl groups excluding tert-OH is 1. The molecule has 0 fully saturated rings. The Morgan fingerprint density at radius 1 is 1.12 bits per heavy atom. The van der Waals surface area contributed by atoms with E-state index in [0.29, 0.717) is 17.8 Å². The maximum absolute atomic E-state index is 10.0. The minimum Gasteiger partial charge on any atom is -0.393 e. The largest absolute Gasteiger partial charge is 0.393 e. The van der Waals surface area contributed by atoms with Crippen molar-refractivity contribution in [3.63, 3.8) is 0 Å². The summed E-state index contributed by atoms with van der Waals surface area (Å²) in [7, 11) is 2.21. The second kappa shape index (κ2) is 12.7. The molecule has 4 unspecified atom stereocenters. The van der Waals surface area contributed by atoms with E-state index in [1.54, 1.807) is 0 Å². The summed E-state index contributed by atoms with van der Waals surface area (Å²) in [5.41, 5.74) is 1.23. The van der Waals surface area contributed by atoms with Gasteiger partial charge < -0.3 is 10.0 Å². The Morgan fingerprint density at radius 3 is 2.21 bits per heavy atom. The van der Waals surface area contributed by atoms with Gasteiger partial charge >= 0.3 is 0 Å². The van der Waals surface area contributed by atoms with E-state index >= 15 is 0 Å². The molecule has 0 amide bonds. The highest BCUT2D eigenvalue weighted by atomic mass is 16.3. The van der Waals surface area contributed by atoms with Crippen molar-refractivity contribution in [2.75, 3.05) is 20.1 Å². The van der Waals surface area contributed by atoms with Gasteiger partial charge in [-0.05, 0) is 57.5 Å². The van der Waals surface area contributed by atoms with E-state index in [9.17, 15) is 5.11 Å². The Bertz CT molecular complexity index is 340. The summed E-state index contributed by atoms with van der Waals surface area (Å²) in [5.74, 6) is 1.78. The average Bonchev–Trinajstić information content (AvgIpc) is 2.51. The Hall–Kier alpha value is -0.600. The van der Waals surface area contributed by atoms with E-state index < -0.39 is 0 Å². The van der Waals surface area contributed by atoms with Gasteiger partial charge in [-0.15, -0.1) is 6.58 Å². The van der Waals surface area contributed by atoms with Gasteiger partial charge in [-0.3, -0.25) is 0 Å². The molecule has 0 heterocycles. The summed E-state index contributed by atoms with van der Waals surface area (Å²) in [5, 5.41) is 10.0. The Morgan fingerprint density at radius 2 is 1.75 bits per heavy atom. The Labute approximate surface area is 152 Å². The lowest BCUT2D eigenvalue weighted by molar-refractivity contribution is 0.112. The highest BCUT2D eigenvalue weighted by molar-refractivity contribution is 5.07. The molecule has 0 aromatic rings. The van der Waals surface area contributed by atoms with E-state index in [-0.39, 0.29) is 12.0 Å². The number of nitrogens with zero attached hydrogens (tertiary/aromatic N) is 1. The summed E-state index contributed by atoms with van der Waals surface area (Å²) in [6.07, 6.45) is 7.91. The second-order valence-corrected chi connectivity index (χ2v) is 8.00. The van der Waals surface area contributed by atoms with E-state index in [1.807, 2.05) is 6.92 Å². The topological polar surface area (TPSA) is 23.5 Å². The fraction of sp³-hybridized carbons (Fsp3) is 0.818. The lowest BCUT2D eigenvalue weighted by Gasteiger charge is -2.30. The van der Waals surface area contributed by atoms with Crippen LogP contribution >= 0.6 is 0 Å². The van der Waals surface area contributed by atoms with Crippen LogP contribution in [0.1, 0.15) is 66.7 Å². The molecule has 0 rings (SSSR count). The summed E-state index contributed by atoms with van der Waals surface area (Å²) >= 11 is 0. The van der Waals surface area contributed by atoms with Crippen LogP contribution in [0.5, 0.6) is 0 Å². The van der Waals surface area contributed by atoms with Crippen LogP contribution in [0.2, 0.25) is 0 Å². The average molecular weight is 338 g/mol. The molecule has 2 nitrogen and oxygen atoms in total. The number of unbranched alkanes of at least 4 members (excludes halogenated alkanes) is 2. The highest BCUT2D eigenvalue weighted by Crippen LogP contribution is 2.31. The van der Waals surface area contributed by atoms with Gasteiger partial charge in [0.2, 0.25) is 0 Å². The van der Waals surface area contributed by atoms with Crippen molar-refractivity contribution in [1.82, 2.24) is 4.90 Å². The van der Waals surface area contributed by atoms with Crippen molar-refractivity contribution in [2.45, 2.75) is 72.8 Å². The molecule has 0 aliphatic rings.